The van der Waals surface area contributed by atoms with Crippen molar-refractivity contribution in [2.75, 3.05) is 13.1 Å². The molecular weight excluding hydrogens is 260 g/mol. The van der Waals surface area contributed by atoms with Crippen molar-refractivity contribution in [2.24, 2.45) is 11.7 Å². The number of carbonyl (C=O) groups is 1. The van der Waals surface area contributed by atoms with E-state index in [1.807, 2.05) is 18.2 Å². The second-order valence-electron chi connectivity index (χ2n) is 5.51. The molecule has 0 aliphatic heterocycles. The lowest BCUT2D eigenvalue weighted by Crippen LogP contribution is -2.31. The monoisotopic (exact) mass is 284 g/mol. The molecule has 2 aromatic carbocycles. The van der Waals surface area contributed by atoms with Crippen LogP contribution in [0, 0.1) is 5.92 Å². The fourth-order valence-electron chi connectivity index (χ4n) is 2.54. The van der Waals surface area contributed by atoms with Crippen molar-refractivity contribution in [2.45, 2.75) is 26.2 Å². The van der Waals surface area contributed by atoms with Crippen LogP contribution >= 0.6 is 0 Å². The number of nitrogens with two attached hydrogens (primary N) is 1. The first-order valence-electron chi connectivity index (χ1n) is 7.67. The van der Waals surface area contributed by atoms with Gasteiger partial charge in [0.25, 0.3) is 0 Å². The van der Waals surface area contributed by atoms with Gasteiger partial charge in [-0.15, -0.1) is 0 Å². The zero-order valence-electron chi connectivity index (χ0n) is 12.6. The minimum atomic E-state index is 0.0840. The van der Waals surface area contributed by atoms with Crippen LogP contribution in [0.4, 0.5) is 0 Å². The van der Waals surface area contributed by atoms with Gasteiger partial charge in [-0.25, -0.2) is 0 Å². The number of benzene rings is 2. The van der Waals surface area contributed by atoms with Crippen LogP contribution in [0.5, 0.6) is 0 Å². The Kier molecular flexibility index (Phi) is 5.76. The number of hydrogen-bond donors (Lipinski definition) is 2. The van der Waals surface area contributed by atoms with Crippen molar-refractivity contribution in [3.8, 4) is 0 Å². The third kappa shape index (κ3) is 4.57. The number of carbonyl (C=O) groups excluding carboxylic acids is 1. The Morgan fingerprint density at radius 2 is 1.95 bits per heavy atom. The molecule has 21 heavy (non-hydrogen) atoms. The highest BCUT2D eigenvalue weighted by molar-refractivity contribution is 5.85. The Hall–Kier alpha value is -1.87. The maximum Gasteiger partial charge on any atom is 0.224 e. The quantitative estimate of drug-likeness (QED) is 0.821. The minimum Gasteiger partial charge on any atom is -0.356 e. The first-order valence-corrected chi connectivity index (χ1v) is 7.67. The number of hydrogen-bond acceptors (Lipinski definition) is 2. The van der Waals surface area contributed by atoms with Crippen molar-refractivity contribution >= 4 is 16.7 Å². The first-order chi connectivity index (χ1) is 10.2. The average molecular weight is 284 g/mol. The minimum absolute atomic E-state index is 0.0840. The molecule has 0 spiro atoms. The van der Waals surface area contributed by atoms with Crippen molar-refractivity contribution in [3.63, 3.8) is 0 Å². The molecule has 1 unspecified atom stereocenters. The van der Waals surface area contributed by atoms with Gasteiger partial charge in [-0.1, -0.05) is 55.8 Å². The van der Waals surface area contributed by atoms with E-state index < -0.39 is 0 Å². The van der Waals surface area contributed by atoms with Crippen molar-refractivity contribution in [1.29, 1.82) is 0 Å². The number of nitrogens with one attached hydrogen (secondary N) is 1. The Labute approximate surface area is 126 Å². The van der Waals surface area contributed by atoms with Gasteiger partial charge in [-0.3, -0.25) is 4.79 Å². The summed E-state index contributed by atoms with van der Waals surface area (Å²) in [6.45, 7) is 3.54. The Balaban J connectivity index is 1.91. The van der Waals surface area contributed by atoms with Crippen LogP contribution in [0.2, 0.25) is 0 Å². The summed E-state index contributed by atoms with van der Waals surface area (Å²) in [6.07, 6.45) is 2.45. The average Bonchev–Trinajstić information content (AvgIpc) is 2.51. The molecule has 0 aromatic heterocycles. The Morgan fingerprint density at radius 3 is 2.67 bits per heavy atom. The van der Waals surface area contributed by atoms with Gasteiger partial charge in [0.2, 0.25) is 5.91 Å². The van der Waals surface area contributed by atoms with Crippen LogP contribution in [0.15, 0.2) is 42.5 Å². The molecule has 0 fully saturated rings. The summed E-state index contributed by atoms with van der Waals surface area (Å²) in [5, 5.41) is 5.40. The van der Waals surface area contributed by atoms with Gasteiger partial charge < -0.3 is 11.1 Å². The fraction of sp³-hybridized carbons (Fsp3) is 0.389. The molecule has 3 N–H and O–H groups in total. The highest BCUT2D eigenvalue weighted by Crippen LogP contribution is 2.16. The predicted molar refractivity (Wildman–Crippen MR) is 88.1 cm³/mol. The van der Waals surface area contributed by atoms with Crippen LogP contribution in [-0.4, -0.2) is 19.0 Å². The van der Waals surface area contributed by atoms with Gasteiger partial charge >= 0.3 is 0 Å². The lowest BCUT2D eigenvalue weighted by atomic mass is 10.0. The van der Waals surface area contributed by atoms with Gasteiger partial charge in [-0.05, 0) is 35.2 Å². The van der Waals surface area contributed by atoms with Gasteiger partial charge in [-0.2, -0.15) is 0 Å². The molecule has 1 atom stereocenters. The standard InChI is InChI=1S/C18H24N2O/c1-2-14(9-10-19)13-20-18(21)12-15-7-8-16-5-3-4-6-17(16)11-15/h3-8,11,14H,2,9-10,12-13,19H2,1H3,(H,20,21). The molecule has 112 valence electrons. The highest BCUT2D eigenvalue weighted by Gasteiger charge is 2.08. The van der Waals surface area contributed by atoms with E-state index in [1.54, 1.807) is 0 Å². The third-order valence-electron chi connectivity index (χ3n) is 3.92. The van der Waals surface area contributed by atoms with Crippen molar-refractivity contribution < 1.29 is 4.79 Å². The molecule has 0 aliphatic carbocycles. The second kappa shape index (κ2) is 7.79. The maximum atomic E-state index is 12.0. The number of fused-ring (bicyclic) bond motifs is 1. The predicted octanol–water partition coefficient (Wildman–Crippen LogP) is 2.87. The molecule has 0 heterocycles. The van der Waals surface area contributed by atoms with E-state index in [4.69, 9.17) is 5.73 Å². The van der Waals surface area contributed by atoms with E-state index in [0.29, 0.717) is 18.9 Å². The molecule has 2 aromatic rings. The summed E-state index contributed by atoms with van der Waals surface area (Å²) in [6, 6.07) is 14.4. The zero-order chi connectivity index (χ0) is 15.1. The molecule has 2 rings (SSSR count). The lowest BCUT2D eigenvalue weighted by molar-refractivity contribution is -0.120. The summed E-state index contributed by atoms with van der Waals surface area (Å²) < 4.78 is 0. The van der Waals surface area contributed by atoms with Crippen LogP contribution < -0.4 is 11.1 Å². The largest absolute Gasteiger partial charge is 0.356 e. The van der Waals surface area contributed by atoms with Gasteiger partial charge in [0.05, 0.1) is 6.42 Å². The van der Waals surface area contributed by atoms with E-state index in [1.165, 1.54) is 10.8 Å². The molecule has 1 amide bonds. The van der Waals surface area contributed by atoms with Crippen molar-refractivity contribution in [3.05, 3.63) is 48.0 Å². The summed E-state index contributed by atoms with van der Waals surface area (Å²) in [5.41, 5.74) is 6.63. The smallest absolute Gasteiger partial charge is 0.224 e. The van der Waals surface area contributed by atoms with Gasteiger partial charge in [0.1, 0.15) is 0 Å². The topological polar surface area (TPSA) is 55.1 Å². The summed E-state index contributed by atoms with van der Waals surface area (Å²) >= 11 is 0. The number of amides is 1. The summed E-state index contributed by atoms with van der Waals surface area (Å²) in [7, 11) is 0. The van der Waals surface area contributed by atoms with Crippen LogP contribution in [0.3, 0.4) is 0 Å². The van der Waals surface area contributed by atoms with Crippen LogP contribution in [0.1, 0.15) is 25.3 Å². The number of rotatable bonds is 7. The molecule has 0 saturated heterocycles. The highest BCUT2D eigenvalue weighted by atomic mass is 16.1. The van der Waals surface area contributed by atoms with Crippen LogP contribution in [-0.2, 0) is 11.2 Å². The lowest BCUT2D eigenvalue weighted by Gasteiger charge is -2.14. The second-order valence-corrected chi connectivity index (χ2v) is 5.51. The maximum absolute atomic E-state index is 12.0. The van der Waals surface area contributed by atoms with Crippen LogP contribution in [0.25, 0.3) is 10.8 Å². The molecule has 3 nitrogen and oxygen atoms in total. The SMILES string of the molecule is CCC(CCN)CNC(=O)Cc1ccc2ccccc2c1. The van der Waals surface area contributed by atoms with E-state index in [0.717, 1.165) is 24.9 Å². The van der Waals surface area contributed by atoms with Gasteiger partial charge in [0, 0.05) is 6.54 Å². The molecule has 3 heteroatoms. The summed E-state index contributed by atoms with van der Waals surface area (Å²) in [5.74, 6) is 0.566. The molecule has 0 saturated carbocycles. The fourth-order valence-corrected chi connectivity index (χ4v) is 2.54. The van der Waals surface area contributed by atoms with Gasteiger partial charge in [0.15, 0.2) is 0 Å². The molecular formula is C18H24N2O. The third-order valence-corrected chi connectivity index (χ3v) is 3.92. The van der Waals surface area contributed by atoms with E-state index in [9.17, 15) is 4.79 Å². The molecule has 0 radical (unpaired) electrons. The normalized spacial score (nSPS) is 12.3. The van der Waals surface area contributed by atoms with E-state index in [-0.39, 0.29) is 5.91 Å². The van der Waals surface area contributed by atoms with E-state index in [2.05, 4.69) is 36.5 Å². The zero-order valence-corrected chi connectivity index (χ0v) is 12.6. The molecule has 0 aliphatic rings. The summed E-state index contributed by atoms with van der Waals surface area (Å²) in [4.78, 5) is 12.0. The van der Waals surface area contributed by atoms with Crippen molar-refractivity contribution in [1.82, 2.24) is 5.32 Å². The molecule has 0 bridgehead atoms. The first kappa shape index (κ1) is 15.5. The Morgan fingerprint density at radius 1 is 1.19 bits per heavy atom. The Bertz CT molecular complexity index is 595. The van der Waals surface area contributed by atoms with E-state index >= 15 is 0 Å².